The summed E-state index contributed by atoms with van der Waals surface area (Å²) in [5.74, 6) is 0.523. The highest BCUT2D eigenvalue weighted by atomic mass is 32.1. The lowest BCUT2D eigenvalue weighted by Gasteiger charge is -1.99. The van der Waals surface area contributed by atoms with Crippen molar-refractivity contribution in [3.8, 4) is 33.7 Å². The van der Waals surface area contributed by atoms with Gasteiger partial charge in [-0.3, -0.25) is 4.98 Å². The topological polar surface area (TPSA) is 92.3 Å². The molecule has 0 unspecified atom stereocenters. The monoisotopic (exact) mass is 261 g/mol. The SMILES string of the molecule is Oc1ccc(O)c(-c2nc(-c3cncs3)no2)c1. The second-order valence-electron chi connectivity index (χ2n) is 3.49. The lowest BCUT2D eigenvalue weighted by molar-refractivity contribution is 0.423. The minimum absolute atomic E-state index is 0.0142. The molecule has 18 heavy (non-hydrogen) atoms. The molecular weight excluding hydrogens is 254 g/mol. The third-order valence-corrected chi connectivity index (χ3v) is 3.06. The summed E-state index contributed by atoms with van der Waals surface area (Å²) in [6, 6.07) is 4.10. The van der Waals surface area contributed by atoms with Crippen molar-refractivity contribution in [2.24, 2.45) is 0 Å². The van der Waals surface area contributed by atoms with Gasteiger partial charge in [-0.2, -0.15) is 4.98 Å². The van der Waals surface area contributed by atoms with Gasteiger partial charge < -0.3 is 14.7 Å². The van der Waals surface area contributed by atoms with Crippen molar-refractivity contribution in [1.82, 2.24) is 15.1 Å². The summed E-state index contributed by atoms with van der Waals surface area (Å²) < 4.78 is 5.06. The quantitative estimate of drug-likeness (QED) is 0.687. The standard InChI is InChI=1S/C11H7N3O3S/c15-6-1-2-8(16)7(3-6)11-13-10(14-17-11)9-4-12-5-18-9/h1-5,15-16H. The van der Waals surface area contributed by atoms with E-state index in [2.05, 4.69) is 15.1 Å². The minimum atomic E-state index is -0.0349. The van der Waals surface area contributed by atoms with Crippen molar-refractivity contribution in [3.05, 3.63) is 29.9 Å². The van der Waals surface area contributed by atoms with Crippen molar-refractivity contribution in [2.45, 2.75) is 0 Å². The van der Waals surface area contributed by atoms with E-state index < -0.39 is 0 Å². The van der Waals surface area contributed by atoms with Crippen LogP contribution in [0.15, 0.2) is 34.4 Å². The summed E-state index contributed by atoms with van der Waals surface area (Å²) >= 11 is 1.38. The fourth-order valence-electron chi connectivity index (χ4n) is 1.45. The number of aromatic hydroxyl groups is 2. The average molecular weight is 261 g/mol. The maximum absolute atomic E-state index is 9.68. The Bertz CT molecular complexity index is 679. The Balaban J connectivity index is 2.05. The van der Waals surface area contributed by atoms with Gasteiger partial charge in [-0.25, -0.2) is 0 Å². The molecule has 1 aromatic carbocycles. The van der Waals surface area contributed by atoms with Crippen LogP contribution in [0.25, 0.3) is 22.2 Å². The van der Waals surface area contributed by atoms with Gasteiger partial charge in [-0.15, -0.1) is 11.3 Å². The van der Waals surface area contributed by atoms with E-state index in [1.54, 1.807) is 11.7 Å². The number of phenols is 2. The van der Waals surface area contributed by atoms with Crippen LogP contribution in [0.4, 0.5) is 0 Å². The number of aromatic nitrogens is 3. The number of rotatable bonds is 2. The van der Waals surface area contributed by atoms with Gasteiger partial charge in [0.2, 0.25) is 5.82 Å². The molecule has 0 atom stereocenters. The number of nitrogens with zero attached hydrogens (tertiary/aromatic N) is 3. The van der Waals surface area contributed by atoms with E-state index in [9.17, 15) is 10.2 Å². The van der Waals surface area contributed by atoms with Crippen LogP contribution in [0, 0.1) is 0 Å². The van der Waals surface area contributed by atoms with E-state index in [4.69, 9.17) is 4.52 Å². The molecule has 2 aromatic heterocycles. The van der Waals surface area contributed by atoms with Crippen molar-refractivity contribution >= 4 is 11.3 Å². The first-order valence-electron chi connectivity index (χ1n) is 4.99. The fraction of sp³-hybridized carbons (Fsp3) is 0. The molecule has 6 nitrogen and oxygen atoms in total. The zero-order chi connectivity index (χ0) is 12.5. The second kappa shape index (κ2) is 4.11. The fourth-order valence-corrected chi connectivity index (χ4v) is 2.00. The Labute approximate surface area is 105 Å². The normalized spacial score (nSPS) is 10.7. The van der Waals surface area contributed by atoms with Crippen molar-refractivity contribution in [2.75, 3.05) is 0 Å². The molecule has 0 aliphatic rings. The largest absolute Gasteiger partial charge is 0.508 e. The van der Waals surface area contributed by atoms with E-state index >= 15 is 0 Å². The molecule has 90 valence electrons. The molecule has 0 bridgehead atoms. The number of hydrogen-bond donors (Lipinski definition) is 2. The van der Waals surface area contributed by atoms with Crippen LogP contribution in [0.2, 0.25) is 0 Å². The van der Waals surface area contributed by atoms with E-state index in [1.165, 1.54) is 29.5 Å². The lowest BCUT2D eigenvalue weighted by atomic mass is 10.2. The van der Waals surface area contributed by atoms with Crippen LogP contribution in [-0.4, -0.2) is 25.3 Å². The summed E-state index contributed by atoms with van der Waals surface area (Å²) in [6.07, 6.45) is 1.63. The van der Waals surface area contributed by atoms with Crippen LogP contribution in [0.5, 0.6) is 11.5 Å². The maximum Gasteiger partial charge on any atom is 0.262 e. The van der Waals surface area contributed by atoms with Crippen molar-refractivity contribution < 1.29 is 14.7 Å². The average Bonchev–Trinajstić information content (AvgIpc) is 3.00. The molecule has 7 heteroatoms. The Morgan fingerprint density at radius 2 is 2.11 bits per heavy atom. The van der Waals surface area contributed by atoms with Gasteiger partial charge in [0.15, 0.2) is 0 Å². The van der Waals surface area contributed by atoms with E-state index in [1.807, 2.05) is 0 Å². The van der Waals surface area contributed by atoms with Crippen molar-refractivity contribution in [1.29, 1.82) is 0 Å². The van der Waals surface area contributed by atoms with Gasteiger partial charge in [-0.05, 0) is 18.2 Å². The first-order valence-corrected chi connectivity index (χ1v) is 5.87. The third-order valence-electron chi connectivity index (χ3n) is 2.29. The molecule has 3 rings (SSSR count). The highest BCUT2D eigenvalue weighted by Crippen LogP contribution is 2.32. The summed E-state index contributed by atoms with van der Waals surface area (Å²) in [6.45, 7) is 0. The zero-order valence-electron chi connectivity index (χ0n) is 8.94. The van der Waals surface area contributed by atoms with Crippen molar-refractivity contribution in [3.63, 3.8) is 0 Å². The molecular formula is C11H7N3O3S. The third kappa shape index (κ3) is 1.80. The van der Waals surface area contributed by atoms with Crippen LogP contribution in [0.1, 0.15) is 0 Å². The Morgan fingerprint density at radius 3 is 2.89 bits per heavy atom. The molecule has 2 heterocycles. The first-order chi connectivity index (χ1) is 8.74. The van der Waals surface area contributed by atoms with Crippen LogP contribution in [0.3, 0.4) is 0 Å². The van der Waals surface area contributed by atoms with Crippen LogP contribution in [-0.2, 0) is 0 Å². The Hall–Kier alpha value is -2.41. The van der Waals surface area contributed by atoms with Gasteiger partial charge in [0.05, 0.1) is 16.0 Å². The highest BCUT2D eigenvalue weighted by molar-refractivity contribution is 7.13. The number of hydrogen-bond acceptors (Lipinski definition) is 7. The molecule has 0 amide bonds. The smallest absolute Gasteiger partial charge is 0.262 e. The molecule has 0 fully saturated rings. The number of phenolic OH excluding ortho intramolecular Hbond substituents is 2. The molecule has 0 radical (unpaired) electrons. The maximum atomic E-state index is 9.68. The Morgan fingerprint density at radius 1 is 1.22 bits per heavy atom. The lowest BCUT2D eigenvalue weighted by Crippen LogP contribution is -1.80. The van der Waals surface area contributed by atoms with Gasteiger partial charge in [-0.1, -0.05) is 5.16 Å². The Kier molecular flexibility index (Phi) is 2.45. The van der Waals surface area contributed by atoms with Gasteiger partial charge in [0.1, 0.15) is 11.5 Å². The predicted octanol–water partition coefficient (Wildman–Crippen LogP) is 2.27. The second-order valence-corrected chi connectivity index (χ2v) is 4.38. The molecule has 0 spiro atoms. The van der Waals surface area contributed by atoms with Crippen LogP contribution >= 0.6 is 11.3 Å². The summed E-state index contributed by atoms with van der Waals surface area (Å²) in [5.41, 5.74) is 1.95. The summed E-state index contributed by atoms with van der Waals surface area (Å²) in [5, 5.41) is 22.9. The molecule has 0 aliphatic heterocycles. The predicted molar refractivity (Wildman–Crippen MR) is 64.2 cm³/mol. The van der Waals surface area contributed by atoms with Gasteiger partial charge in [0, 0.05) is 6.20 Å². The van der Waals surface area contributed by atoms with Crippen LogP contribution < -0.4 is 0 Å². The molecule has 2 N–H and O–H groups in total. The molecule has 0 saturated heterocycles. The first kappa shape index (κ1) is 10.7. The zero-order valence-corrected chi connectivity index (χ0v) is 9.76. The van der Waals surface area contributed by atoms with E-state index in [-0.39, 0.29) is 17.4 Å². The highest BCUT2D eigenvalue weighted by Gasteiger charge is 2.15. The van der Waals surface area contributed by atoms with Gasteiger partial charge in [0.25, 0.3) is 5.89 Å². The van der Waals surface area contributed by atoms with E-state index in [0.29, 0.717) is 11.4 Å². The molecule has 0 saturated carbocycles. The van der Waals surface area contributed by atoms with E-state index in [0.717, 1.165) is 4.88 Å². The molecule has 0 aliphatic carbocycles. The minimum Gasteiger partial charge on any atom is -0.508 e. The molecule has 3 aromatic rings. The summed E-state index contributed by atoms with van der Waals surface area (Å²) in [7, 11) is 0. The number of benzene rings is 1. The summed E-state index contributed by atoms with van der Waals surface area (Å²) in [4.78, 5) is 8.83. The number of thiazole rings is 1. The van der Waals surface area contributed by atoms with Gasteiger partial charge >= 0.3 is 0 Å².